The molecule has 0 saturated carbocycles. The van der Waals surface area contributed by atoms with Crippen molar-refractivity contribution < 1.29 is 19.1 Å². The first-order valence-corrected chi connectivity index (χ1v) is 8.95. The van der Waals surface area contributed by atoms with E-state index >= 15 is 0 Å². The number of aliphatic carboxylic acids is 1. The molecule has 3 rings (SSSR count). The first-order valence-electron chi connectivity index (χ1n) is 8.58. The summed E-state index contributed by atoms with van der Waals surface area (Å²) in [4.78, 5) is 26.5. The lowest BCUT2D eigenvalue weighted by molar-refractivity contribution is -0.138. The second-order valence-electron chi connectivity index (χ2n) is 6.18. The smallest absolute Gasteiger partial charge is 0.327 e. The molecule has 28 heavy (non-hydrogen) atoms. The summed E-state index contributed by atoms with van der Waals surface area (Å²) in [5.74, 6) is -2.33. The molecule has 0 bridgehead atoms. The Labute approximate surface area is 166 Å². The van der Waals surface area contributed by atoms with Gasteiger partial charge in [-0.15, -0.1) is 0 Å². The van der Waals surface area contributed by atoms with Gasteiger partial charge in [0.15, 0.2) is 0 Å². The summed E-state index contributed by atoms with van der Waals surface area (Å²) in [5.41, 5.74) is 1.29. The average Bonchev–Trinajstić information content (AvgIpc) is 2.71. The zero-order chi connectivity index (χ0) is 20.1. The zero-order valence-corrected chi connectivity index (χ0v) is 15.5. The molecule has 4 nitrogen and oxygen atoms in total. The summed E-state index contributed by atoms with van der Waals surface area (Å²) in [5, 5.41) is 9.70. The fourth-order valence-corrected chi connectivity index (χ4v) is 3.09. The number of amides is 1. The minimum absolute atomic E-state index is 0.0870. The molecule has 0 radical (unpaired) electrons. The van der Waals surface area contributed by atoms with Gasteiger partial charge in [-0.2, -0.15) is 0 Å². The highest BCUT2D eigenvalue weighted by Gasteiger charge is 2.32. The Morgan fingerprint density at radius 3 is 2.14 bits per heavy atom. The van der Waals surface area contributed by atoms with Gasteiger partial charge in [0.25, 0.3) is 5.91 Å². The second-order valence-corrected chi connectivity index (χ2v) is 6.59. The van der Waals surface area contributed by atoms with Crippen molar-refractivity contribution in [1.29, 1.82) is 0 Å². The lowest BCUT2D eigenvalue weighted by Crippen LogP contribution is -2.46. The van der Waals surface area contributed by atoms with Crippen LogP contribution in [0.15, 0.2) is 78.9 Å². The van der Waals surface area contributed by atoms with Crippen molar-refractivity contribution in [3.63, 3.8) is 0 Å². The number of carboxylic acids is 1. The summed E-state index contributed by atoms with van der Waals surface area (Å²) in [6, 6.07) is 19.9. The van der Waals surface area contributed by atoms with Crippen LogP contribution in [0.1, 0.15) is 15.9 Å². The fourth-order valence-electron chi connectivity index (χ4n) is 2.92. The van der Waals surface area contributed by atoms with Gasteiger partial charge < -0.3 is 5.11 Å². The van der Waals surface area contributed by atoms with Gasteiger partial charge in [0.2, 0.25) is 0 Å². The van der Waals surface area contributed by atoms with E-state index in [9.17, 15) is 19.1 Å². The standard InChI is InChI=1S/C22H17ClFNO3/c23-18-14-17(11-12-19(18)24)25(21(26)16-9-5-2-6-10-16)20(22(27)28)13-15-7-3-1-4-8-15/h1-12,14,20H,13H2,(H,27,28)/t20-/m0/s1. The lowest BCUT2D eigenvalue weighted by Gasteiger charge is -2.29. The maximum atomic E-state index is 13.6. The highest BCUT2D eigenvalue weighted by atomic mass is 35.5. The number of nitrogens with zero attached hydrogens (tertiary/aromatic N) is 1. The number of hydrogen-bond acceptors (Lipinski definition) is 2. The summed E-state index contributed by atoms with van der Waals surface area (Å²) in [6.45, 7) is 0. The van der Waals surface area contributed by atoms with Crippen LogP contribution >= 0.6 is 11.6 Å². The molecule has 1 N–H and O–H groups in total. The van der Waals surface area contributed by atoms with Gasteiger partial charge in [0.1, 0.15) is 11.9 Å². The second kappa shape index (κ2) is 8.67. The molecular weight excluding hydrogens is 381 g/mol. The molecule has 3 aromatic carbocycles. The number of carboxylic acid groups (broad SMARTS) is 1. The lowest BCUT2D eigenvalue weighted by atomic mass is 10.0. The van der Waals surface area contributed by atoms with Crippen LogP contribution in [0.5, 0.6) is 0 Å². The summed E-state index contributed by atoms with van der Waals surface area (Å²) in [6.07, 6.45) is 0.0870. The van der Waals surface area contributed by atoms with Gasteiger partial charge >= 0.3 is 5.97 Å². The molecule has 0 aliphatic carbocycles. The molecule has 0 fully saturated rings. The van der Waals surface area contributed by atoms with Gasteiger partial charge in [-0.25, -0.2) is 9.18 Å². The molecule has 3 aromatic rings. The number of carbonyl (C=O) groups is 2. The van der Waals surface area contributed by atoms with Gasteiger partial charge in [0, 0.05) is 17.7 Å². The summed E-state index contributed by atoms with van der Waals surface area (Å²) < 4.78 is 13.6. The number of anilines is 1. The average molecular weight is 398 g/mol. The van der Waals surface area contributed by atoms with E-state index in [0.717, 1.165) is 16.5 Å². The molecule has 1 amide bonds. The Morgan fingerprint density at radius 2 is 1.57 bits per heavy atom. The third-order valence-corrected chi connectivity index (χ3v) is 4.58. The van der Waals surface area contributed by atoms with E-state index in [-0.39, 0.29) is 17.1 Å². The normalized spacial score (nSPS) is 11.6. The Hall–Kier alpha value is -3.18. The molecule has 0 saturated heterocycles. The van der Waals surface area contributed by atoms with Crippen LogP contribution in [0.25, 0.3) is 0 Å². The van der Waals surface area contributed by atoms with Crippen LogP contribution in [0.2, 0.25) is 5.02 Å². The monoisotopic (exact) mass is 397 g/mol. The van der Waals surface area contributed by atoms with E-state index in [1.165, 1.54) is 12.1 Å². The van der Waals surface area contributed by atoms with Gasteiger partial charge in [0.05, 0.1) is 5.02 Å². The number of hydrogen-bond donors (Lipinski definition) is 1. The summed E-state index contributed by atoms with van der Waals surface area (Å²) in [7, 11) is 0. The Morgan fingerprint density at radius 1 is 0.964 bits per heavy atom. The molecule has 0 aliphatic rings. The third-order valence-electron chi connectivity index (χ3n) is 4.29. The predicted octanol–water partition coefficient (Wildman–Crippen LogP) is 4.82. The topological polar surface area (TPSA) is 57.6 Å². The maximum Gasteiger partial charge on any atom is 0.327 e. The van der Waals surface area contributed by atoms with Crippen molar-refractivity contribution in [3.05, 3.63) is 101 Å². The largest absolute Gasteiger partial charge is 0.480 e. The van der Waals surface area contributed by atoms with E-state index in [0.29, 0.717) is 5.56 Å². The first-order chi connectivity index (χ1) is 13.5. The first kappa shape index (κ1) is 19.6. The van der Waals surface area contributed by atoms with Gasteiger partial charge in [-0.05, 0) is 35.9 Å². The van der Waals surface area contributed by atoms with Crippen molar-refractivity contribution in [3.8, 4) is 0 Å². The molecular formula is C22H17ClFNO3. The van der Waals surface area contributed by atoms with Crippen LogP contribution in [0.4, 0.5) is 10.1 Å². The van der Waals surface area contributed by atoms with Crippen molar-refractivity contribution in [1.82, 2.24) is 0 Å². The number of halogens is 2. The Kier molecular flexibility index (Phi) is 6.06. The molecule has 0 aromatic heterocycles. The van der Waals surface area contributed by atoms with Crippen molar-refractivity contribution in [2.45, 2.75) is 12.5 Å². The molecule has 0 spiro atoms. The van der Waals surface area contributed by atoms with Crippen LogP contribution < -0.4 is 4.90 Å². The van der Waals surface area contributed by atoms with Crippen LogP contribution in [0.3, 0.4) is 0 Å². The SMILES string of the molecule is O=C(O)[C@H](Cc1ccccc1)N(C(=O)c1ccccc1)c1ccc(F)c(Cl)c1. The van der Waals surface area contributed by atoms with Crippen LogP contribution in [0, 0.1) is 5.82 Å². The van der Waals surface area contributed by atoms with Crippen LogP contribution in [-0.2, 0) is 11.2 Å². The molecule has 0 aliphatic heterocycles. The van der Waals surface area contributed by atoms with E-state index < -0.39 is 23.7 Å². The van der Waals surface area contributed by atoms with E-state index in [1.807, 2.05) is 6.07 Å². The Balaban J connectivity index is 2.08. The fraction of sp³-hybridized carbons (Fsp3) is 0.0909. The molecule has 1 atom stereocenters. The van der Waals surface area contributed by atoms with Crippen molar-refractivity contribution in [2.75, 3.05) is 4.90 Å². The minimum atomic E-state index is -1.20. The Bertz CT molecular complexity index is 980. The van der Waals surface area contributed by atoms with Gasteiger partial charge in [-0.1, -0.05) is 60.1 Å². The van der Waals surface area contributed by atoms with Gasteiger partial charge in [-0.3, -0.25) is 9.69 Å². The molecule has 6 heteroatoms. The molecule has 0 heterocycles. The van der Waals surface area contributed by atoms with Crippen molar-refractivity contribution >= 4 is 29.2 Å². The predicted molar refractivity (Wildman–Crippen MR) is 106 cm³/mol. The zero-order valence-electron chi connectivity index (χ0n) is 14.8. The van der Waals surface area contributed by atoms with Crippen molar-refractivity contribution in [2.24, 2.45) is 0 Å². The maximum absolute atomic E-state index is 13.6. The quantitative estimate of drug-likeness (QED) is 0.648. The highest BCUT2D eigenvalue weighted by Crippen LogP contribution is 2.27. The van der Waals surface area contributed by atoms with Crippen LogP contribution in [-0.4, -0.2) is 23.0 Å². The van der Waals surface area contributed by atoms with E-state index in [1.54, 1.807) is 54.6 Å². The minimum Gasteiger partial charge on any atom is -0.480 e. The molecule has 142 valence electrons. The number of carbonyl (C=O) groups excluding carboxylic acids is 1. The van der Waals surface area contributed by atoms with E-state index in [2.05, 4.69) is 0 Å². The number of benzene rings is 3. The summed E-state index contributed by atoms with van der Waals surface area (Å²) >= 11 is 5.89. The highest BCUT2D eigenvalue weighted by molar-refractivity contribution is 6.31. The van der Waals surface area contributed by atoms with E-state index in [4.69, 9.17) is 11.6 Å². The number of rotatable bonds is 6. The molecule has 0 unspecified atom stereocenters. The third kappa shape index (κ3) is 4.38.